The highest BCUT2D eigenvalue weighted by molar-refractivity contribution is 6.62. The van der Waals surface area contributed by atoms with Gasteiger partial charge < -0.3 is 84.3 Å². The highest BCUT2D eigenvalue weighted by atomic mass is 28.4. The van der Waals surface area contributed by atoms with Crippen LogP contribution >= 0.6 is 0 Å². The summed E-state index contributed by atoms with van der Waals surface area (Å²) in [5.41, 5.74) is 13.3. The van der Waals surface area contributed by atoms with Gasteiger partial charge in [-0.15, -0.1) is 0 Å². The maximum atomic E-state index is 14.0. The smallest absolute Gasteiger partial charge is 0.374 e. The van der Waals surface area contributed by atoms with E-state index in [1.807, 2.05) is 229 Å². The fourth-order valence-electron chi connectivity index (χ4n) is 14.0. The number of rotatable bonds is 48. The molecule has 0 saturated heterocycles. The molecule has 4 amide bonds. The van der Waals surface area contributed by atoms with Crippen molar-refractivity contribution >= 4 is 105 Å². The number of benzene rings is 4. The lowest BCUT2D eigenvalue weighted by Crippen LogP contribution is -2.46. The van der Waals surface area contributed by atoms with Crippen molar-refractivity contribution in [1.29, 1.82) is 0 Å². The van der Waals surface area contributed by atoms with Gasteiger partial charge in [-0.2, -0.15) is 0 Å². The van der Waals surface area contributed by atoms with Gasteiger partial charge in [0.15, 0.2) is 0 Å². The number of nitrogens with zero attached hydrogens (tertiary/aromatic N) is 2. The average Bonchev–Trinajstić information content (AvgIpc) is 1.62. The normalized spacial score (nSPS) is 12.4. The Morgan fingerprint density at radius 1 is 0.268 bits per heavy atom. The first-order chi connectivity index (χ1) is 54.5. The minimum absolute atomic E-state index is 0.232. The second kappa shape index (κ2) is 43.9. The van der Waals surface area contributed by atoms with E-state index < -0.39 is 35.2 Å². The van der Waals surface area contributed by atoms with E-state index in [4.69, 9.17) is 63.1 Å². The SMILES string of the molecule is CCO[Si](CCCNC(=O)c1ccc(-c2c3nc(c(-c4ccc(C(=O)NCCC[Si](OCC)(OCC)OCC)cc4)c4ccc([nH]4)c(-c4ccc(C(=O)NCCC[Si](OCC)(OCC)OCC)cc4)c4nc(c(-c5ccc(C(=O)NCCC[Si](OCC)(OCC)OCC)cc5)c5ccc2[nH]5)C=C4)C=C3)cc1)(OCC)OCC. The topological polar surface area (TPSA) is 285 Å². The van der Waals surface area contributed by atoms with Crippen LogP contribution in [0.2, 0.25) is 24.2 Å². The Kier molecular flexibility index (Phi) is 34.3. The molecule has 0 fully saturated rings. The molecule has 28 heteroatoms. The van der Waals surface area contributed by atoms with Gasteiger partial charge in [0.25, 0.3) is 23.6 Å². The van der Waals surface area contributed by atoms with Gasteiger partial charge in [0.1, 0.15) is 0 Å². The van der Waals surface area contributed by atoms with E-state index in [2.05, 4.69) is 31.2 Å². The highest BCUT2D eigenvalue weighted by Gasteiger charge is 2.43. The number of nitrogens with one attached hydrogen (secondary N) is 6. The third-order valence-electron chi connectivity index (χ3n) is 18.6. The van der Waals surface area contributed by atoms with Gasteiger partial charge in [-0.1, -0.05) is 48.5 Å². The number of carbonyl (C=O) groups is 4. The molecule has 9 rings (SSSR count). The minimum Gasteiger partial charge on any atom is -0.374 e. The molecule has 0 unspecified atom stereocenters. The molecule has 0 radical (unpaired) electrons. The largest absolute Gasteiger partial charge is 0.500 e. The molecule has 112 heavy (non-hydrogen) atoms. The molecule has 2 aliphatic heterocycles. The Labute approximate surface area is 664 Å². The Morgan fingerprint density at radius 2 is 0.438 bits per heavy atom. The number of aromatic nitrogens is 4. The van der Waals surface area contributed by atoms with E-state index in [9.17, 15) is 19.2 Å². The van der Waals surface area contributed by atoms with Crippen molar-refractivity contribution in [3.05, 3.63) is 166 Å². The first kappa shape index (κ1) is 87.7. The molecule has 3 aromatic heterocycles. The van der Waals surface area contributed by atoms with Gasteiger partial charge in [-0.3, -0.25) is 19.2 Å². The van der Waals surface area contributed by atoms with Gasteiger partial charge in [0.2, 0.25) is 0 Å². The maximum Gasteiger partial charge on any atom is 0.500 e. The second-order valence-corrected chi connectivity index (χ2v) is 37.1. The molecule has 24 nitrogen and oxygen atoms in total. The summed E-state index contributed by atoms with van der Waals surface area (Å²) >= 11 is 0. The van der Waals surface area contributed by atoms with Crippen LogP contribution in [0.25, 0.3) is 90.9 Å². The molecular formula is C84H114N8O16Si4. The molecule has 6 N–H and O–H groups in total. The lowest BCUT2D eigenvalue weighted by Gasteiger charge is -2.28. The zero-order valence-corrected chi connectivity index (χ0v) is 71.3. The number of amides is 4. The molecule has 0 aliphatic carbocycles. The number of H-pyrrole nitrogens is 2. The predicted molar refractivity (Wildman–Crippen MR) is 450 cm³/mol. The first-order valence-electron chi connectivity index (χ1n) is 39.9. The van der Waals surface area contributed by atoms with Crippen molar-refractivity contribution in [1.82, 2.24) is 41.2 Å². The average molecular weight is 1600 g/mol. The number of aromatic amines is 2. The summed E-state index contributed by atoms with van der Waals surface area (Å²) in [7, 11) is -11.7. The molecule has 0 saturated carbocycles. The Bertz CT molecular complexity index is 3830. The summed E-state index contributed by atoms with van der Waals surface area (Å²) in [5, 5.41) is 12.4. The number of hydrogen-bond acceptors (Lipinski definition) is 18. The standard InChI is InChI=1S/C84H114N8O16Si4/c1-13-97-109(98-14-2,99-15-3)57-25-53-85-81(93)65-37-29-61(30-38-65)77-69-45-47-71(89-69)78(62-31-39-66(40-32-62)82(94)86-54-26-58-110(100-16-4,101-17-5)102-18-6)73-49-51-75(91-73)80(64-35-43-68(44-36-64)84(96)88-56-28-60-112(106-22-10,107-23-11)108-24-12)76-52-50-74(92-76)79(72-48-46-70(77)90-72)63-33-41-67(42-34-63)83(95)87-55-27-59-111(103-19-7,104-20-8)105-21-9/h29-52,89,92H,13-28,53-60H2,1-12H3,(H,85,93)(H,86,94)(H,87,95)(H,88,96). The van der Waals surface area contributed by atoms with Crippen molar-refractivity contribution < 1.29 is 72.3 Å². The van der Waals surface area contributed by atoms with Crippen LogP contribution in [0.4, 0.5) is 0 Å². The molecule has 602 valence electrons. The molecule has 2 aliphatic rings. The van der Waals surface area contributed by atoms with Crippen LogP contribution in [0.5, 0.6) is 0 Å². The number of hydrogen-bond donors (Lipinski definition) is 6. The highest BCUT2D eigenvalue weighted by Crippen LogP contribution is 2.40. The zero-order valence-electron chi connectivity index (χ0n) is 67.3. The Hall–Kier alpha value is -8.25. The third-order valence-corrected chi connectivity index (χ3v) is 31.3. The molecule has 7 aromatic rings. The van der Waals surface area contributed by atoms with E-state index in [0.29, 0.717) is 222 Å². The summed E-state index contributed by atoms with van der Waals surface area (Å²) in [6.45, 7) is 30.2. The predicted octanol–water partition coefficient (Wildman–Crippen LogP) is 16.0. The van der Waals surface area contributed by atoms with Crippen LogP contribution in [0.15, 0.2) is 121 Å². The summed E-state index contributed by atoms with van der Waals surface area (Å²) in [6, 6.07) is 40.3. The van der Waals surface area contributed by atoms with E-state index in [0.717, 1.165) is 44.5 Å². The first-order valence-corrected chi connectivity index (χ1v) is 47.6. The summed E-state index contributed by atoms with van der Waals surface area (Å²) in [5.74, 6) is -0.928. The van der Waals surface area contributed by atoms with Gasteiger partial charge in [0, 0.05) is 196 Å². The molecule has 8 bridgehead atoms. The molecule has 5 heterocycles. The van der Waals surface area contributed by atoms with Crippen molar-refractivity contribution in [3.8, 4) is 44.5 Å². The van der Waals surface area contributed by atoms with Crippen LogP contribution in [0, 0.1) is 0 Å². The van der Waals surface area contributed by atoms with E-state index in [1.54, 1.807) is 0 Å². The van der Waals surface area contributed by atoms with Crippen LogP contribution in [0.1, 0.15) is 173 Å². The molecule has 0 spiro atoms. The van der Waals surface area contributed by atoms with Gasteiger partial charge in [0.05, 0.1) is 22.8 Å². The summed E-state index contributed by atoms with van der Waals surface area (Å²) in [4.78, 5) is 74.7. The third kappa shape index (κ3) is 23.0. The van der Waals surface area contributed by atoms with E-state index in [1.165, 1.54) is 0 Å². The summed E-state index contributed by atoms with van der Waals surface area (Å²) < 4.78 is 73.0. The molecule has 0 atom stereocenters. The van der Waals surface area contributed by atoms with Crippen LogP contribution in [0.3, 0.4) is 0 Å². The second-order valence-electron chi connectivity index (χ2n) is 26.2. The van der Waals surface area contributed by atoms with Crippen molar-refractivity contribution in [3.63, 3.8) is 0 Å². The van der Waals surface area contributed by atoms with Crippen molar-refractivity contribution in [2.75, 3.05) is 105 Å². The fraction of sp³-hybridized carbons (Fsp3) is 0.429. The Morgan fingerprint density at radius 3 is 0.598 bits per heavy atom. The van der Waals surface area contributed by atoms with Crippen LogP contribution < -0.4 is 21.3 Å². The van der Waals surface area contributed by atoms with Gasteiger partial charge in [-0.05, 0) is 228 Å². The van der Waals surface area contributed by atoms with Crippen molar-refractivity contribution in [2.45, 2.75) is 133 Å². The minimum atomic E-state index is -2.92. The lowest BCUT2D eigenvalue weighted by atomic mass is 10.0. The van der Waals surface area contributed by atoms with Gasteiger partial charge in [-0.25, -0.2) is 9.97 Å². The number of carbonyl (C=O) groups excluding carboxylic acids is 4. The molecular weight excluding hydrogens is 1490 g/mol. The zero-order chi connectivity index (χ0) is 79.9. The Balaban J connectivity index is 1.17. The van der Waals surface area contributed by atoms with Crippen LogP contribution in [-0.2, 0) is 53.1 Å². The quantitative estimate of drug-likeness (QED) is 0.0153. The lowest BCUT2D eigenvalue weighted by molar-refractivity contribution is 0.0698. The summed E-state index contributed by atoms with van der Waals surface area (Å²) in [6.07, 6.45) is 10.4. The monoisotopic (exact) mass is 1600 g/mol. The van der Waals surface area contributed by atoms with E-state index in [-0.39, 0.29) is 23.6 Å². The fourth-order valence-corrected chi connectivity index (χ4v) is 24.5. The van der Waals surface area contributed by atoms with Crippen molar-refractivity contribution in [2.24, 2.45) is 0 Å². The number of fused-ring (bicyclic) bond motifs is 8. The van der Waals surface area contributed by atoms with Gasteiger partial charge >= 0.3 is 35.2 Å². The van der Waals surface area contributed by atoms with E-state index >= 15 is 0 Å². The van der Waals surface area contributed by atoms with Crippen LogP contribution in [-0.4, -0.2) is 184 Å². The molecule has 4 aromatic carbocycles. The maximum absolute atomic E-state index is 14.0.